The molecule has 0 aliphatic carbocycles. The molecule has 0 spiro atoms. The van der Waals surface area contributed by atoms with Gasteiger partial charge in [-0.2, -0.15) is 0 Å². The van der Waals surface area contributed by atoms with Crippen molar-refractivity contribution in [2.75, 3.05) is 6.61 Å². The fourth-order valence-corrected chi connectivity index (χ4v) is 2.42. The van der Waals surface area contributed by atoms with Crippen molar-refractivity contribution >= 4 is 0 Å². The van der Waals surface area contributed by atoms with Gasteiger partial charge in [-0.05, 0) is 46.1 Å². The molecule has 0 radical (unpaired) electrons. The van der Waals surface area contributed by atoms with Crippen LogP contribution in [0.4, 0.5) is 0 Å². The Balaban J connectivity index is 1.87. The maximum Gasteiger partial charge on any atom is 0.165 e. The molecule has 0 bridgehead atoms. The molecule has 3 heteroatoms. The third-order valence-electron chi connectivity index (χ3n) is 3.33. The number of benzene rings is 1. The summed E-state index contributed by atoms with van der Waals surface area (Å²) in [5, 5.41) is 9.19. The van der Waals surface area contributed by atoms with Crippen molar-refractivity contribution in [3.8, 4) is 11.5 Å². The first-order valence-corrected chi connectivity index (χ1v) is 7.10. The lowest BCUT2D eigenvalue weighted by molar-refractivity contribution is 0.131. The molecule has 0 aromatic heterocycles. The zero-order valence-electron chi connectivity index (χ0n) is 12.1. The van der Waals surface area contributed by atoms with Gasteiger partial charge in [-0.1, -0.05) is 12.1 Å². The van der Waals surface area contributed by atoms with Crippen LogP contribution in [0.5, 0.6) is 11.5 Å². The van der Waals surface area contributed by atoms with E-state index in [0.29, 0.717) is 6.61 Å². The molecule has 1 heterocycles. The van der Waals surface area contributed by atoms with Crippen LogP contribution in [-0.4, -0.2) is 23.4 Å². The highest BCUT2D eigenvalue weighted by molar-refractivity contribution is 5.50. The van der Waals surface area contributed by atoms with Crippen molar-refractivity contribution in [1.29, 1.82) is 0 Å². The third kappa shape index (κ3) is 3.87. The second-order valence-corrected chi connectivity index (χ2v) is 5.98. The fraction of sp³-hybridized carbons (Fsp3) is 0.625. The summed E-state index contributed by atoms with van der Waals surface area (Å²) in [6.07, 6.45) is 3.49. The first-order valence-electron chi connectivity index (χ1n) is 7.10. The van der Waals surface area contributed by atoms with Crippen molar-refractivity contribution in [1.82, 2.24) is 0 Å². The van der Waals surface area contributed by atoms with Crippen molar-refractivity contribution in [2.24, 2.45) is 0 Å². The Morgan fingerprint density at radius 1 is 1.37 bits per heavy atom. The Labute approximate surface area is 115 Å². The Kier molecular flexibility index (Phi) is 4.35. The molecule has 106 valence electrons. The highest BCUT2D eigenvalue weighted by atomic mass is 16.5. The average molecular weight is 264 g/mol. The minimum absolute atomic E-state index is 0.131. The minimum atomic E-state index is -0.217. The van der Waals surface area contributed by atoms with E-state index in [9.17, 15) is 5.11 Å². The lowest BCUT2D eigenvalue weighted by Gasteiger charge is -2.18. The standard InChI is InChI=1S/C16H24O3/c1-12(17)7-4-5-10-18-14-9-6-8-13-11-16(2,3)19-15(13)14/h6,8-9,12,17H,4-5,7,10-11H2,1-3H3. The number of hydrogen-bond acceptors (Lipinski definition) is 3. The van der Waals surface area contributed by atoms with Crippen LogP contribution < -0.4 is 9.47 Å². The summed E-state index contributed by atoms with van der Waals surface area (Å²) in [6.45, 7) is 6.69. The van der Waals surface area contributed by atoms with Crippen LogP contribution in [0.1, 0.15) is 45.6 Å². The molecular weight excluding hydrogens is 240 g/mol. The summed E-state index contributed by atoms with van der Waals surface area (Å²) in [7, 11) is 0. The first-order chi connectivity index (χ1) is 8.98. The maximum atomic E-state index is 9.19. The largest absolute Gasteiger partial charge is 0.490 e. The van der Waals surface area contributed by atoms with Gasteiger partial charge in [-0.15, -0.1) is 0 Å². The number of ether oxygens (including phenoxy) is 2. The molecule has 1 aromatic carbocycles. The van der Waals surface area contributed by atoms with E-state index in [-0.39, 0.29) is 11.7 Å². The highest BCUT2D eigenvalue weighted by Gasteiger charge is 2.32. The topological polar surface area (TPSA) is 38.7 Å². The smallest absolute Gasteiger partial charge is 0.165 e. The molecule has 0 amide bonds. The zero-order valence-corrected chi connectivity index (χ0v) is 12.1. The van der Waals surface area contributed by atoms with E-state index in [0.717, 1.165) is 37.2 Å². The Hall–Kier alpha value is -1.22. The van der Waals surface area contributed by atoms with Gasteiger partial charge in [0.15, 0.2) is 11.5 Å². The predicted molar refractivity (Wildman–Crippen MR) is 75.9 cm³/mol. The average Bonchev–Trinajstić information content (AvgIpc) is 2.63. The lowest BCUT2D eigenvalue weighted by Crippen LogP contribution is -2.24. The number of aliphatic hydroxyl groups excluding tert-OH is 1. The molecule has 1 N–H and O–H groups in total. The summed E-state index contributed by atoms with van der Waals surface area (Å²) in [5.74, 6) is 1.75. The first kappa shape index (κ1) is 14.2. The van der Waals surface area contributed by atoms with E-state index in [4.69, 9.17) is 9.47 Å². The molecule has 1 unspecified atom stereocenters. The van der Waals surface area contributed by atoms with Gasteiger partial charge in [0.25, 0.3) is 0 Å². The van der Waals surface area contributed by atoms with Gasteiger partial charge in [0, 0.05) is 12.0 Å². The van der Waals surface area contributed by atoms with Crippen molar-refractivity contribution in [2.45, 2.75) is 58.2 Å². The quantitative estimate of drug-likeness (QED) is 0.801. The molecule has 2 rings (SSSR count). The van der Waals surface area contributed by atoms with E-state index in [1.165, 1.54) is 5.56 Å². The highest BCUT2D eigenvalue weighted by Crippen LogP contribution is 2.41. The van der Waals surface area contributed by atoms with E-state index in [1.54, 1.807) is 0 Å². The summed E-state index contributed by atoms with van der Waals surface area (Å²) in [5.41, 5.74) is 1.10. The van der Waals surface area contributed by atoms with Gasteiger partial charge in [-0.3, -0.25) is 0 Å². The van der Waals surface area contributed by atoms with Gasteiger partial charge in [-0.25, -0.2) is 0 Å². The maximum absolute atomic E-state index is 9.19. The second kappa shape index (κ2) is 5.83. The Morgan fingerprint density at radius 2 is 2.16 bits per heavy atom. The number of hydrogen-bond donors (Lipinski definition) is 1. The molecule has 1 aliphatic rings. The minimum Gasteiger partial charge on any atom is -0.490 e. The van der Waals surface area contributed by atoms with E-state index in [1.807, 2.05) is 19.1 Å². The van der Waals surface area contributed by atoms with E-state index >= 15 is 0 Å². The SMILES string of the molecule is CC(O)CCCCOc1cccc2c1OC(C)(C)C2. The van der Waals surface area contributed by atoms with Crippen molar-refractivity contribution in [3.05, 3.63) is 23.8 Å². The van der Waals surface area contributed by atoms with Crippen LogP contribution >= 0.6 is 0 Å². The monoisotopic (exact) mass is 264 g/mol. The molecule has 19 heavy (non-hydrogen) atoms. The zero-order chi connectivity index (χ0) is 13.9. The van der Waals surface area contributed by atoms with Crippen LogP contribution in [0.25, 0.3) is 0 Å². The number of fused-ring (bicyclic) bond motifs is 1. The molecule has 0 fully saturated rings. The number of rotatable bonds is 6. The van der Waals surface area contributed by atoms with Crippen LogP contribution in [-0.2, 0) is 6.42 Å². The van der Waals surface area contributed by atoms with Gasteiger partial charge >= 0.3 is 0 Å². The van der Waals surface area contributed by atoms with Crippen LogP contribution in [0.15, 0.2) is 18.2 Å². The molecule has 0 saturated carbocycles. The molecule has 0 saturated heterocycles. The van der Waals surface area contributed by atoms with Gasteiger partial charge in [0.05, 0.1) is 12.7 Å². The number of aliphatic hydroxyl groups is 1. The lowest BCUT2D eigenvalue weighted by atomic mass is 10.0. The molecule has 1 atom stereocenters. The van der Waals surface area contributed by atoms with Crippen molar-refractivity contribution < 1.29 is 14.6 Å². The summed E-state index contributed by atoms with van der Waals surface area (Å²) in [4.78, 5) is 0. The summed E-state index contributed by atoms with van der Waals surface area (Å²) >= 11 is 0. The Bertz CT molecular complexity index is 424. The van der Waals surface area contributed by atoms with Crippen LogP contribution in [0, 0.1) is 0 Å². The second-order valence-electron chi connectivity index (χ2n) is 5.98. The summed E-state index contributed by atoms with van der Waals surface area (Å²) in [6, 6.07) is 6.09. The number of unbranched alkanes of at least 4 members (excludes halogenated alkanes) is 1. The number of para-hydroxylation sites is 1. The van der Waals surface area contributed by atoms with Gasteiger partial charge in [0.2, 0.25) is 0 Å². The molecule has 3 nitrogen and oxygen atoms in total. The Morgan fingerprint density at radius 3 is 2.89 bits per heavy atom. The van der Waals surface area contributed by atoms with Gasteiger partial charge in [0.1, 0.15) is 5.60 Å². The van der Waals surface area contributed by atoms with E-state index < -0.39 is 0 Å². The van der Waals surface area contributed by atoms with Crippen LogP contribution in [0.2, 0.25) is 0 Å². The normalized spacial score (nSPS) is 17.7. The fourth-order valence-electron chi connectivity index (χ4n) is 2.42. The van der Waals surface area contributed by atoms with Crippen LogP contribution in [0.3, 0.4) is 0 Å². The van der Waals surface area contributed by atoms with Gasteiger partial charge < -0.3 is 14.6 Å². The predicted octanol–water partition coefficient (Wildman–Crippen LogP) is 3.33. The molecule has 1 aliphatic heterocycles. The summed E-state index contributed by atoms with van der Waals surface area (Å²) < 4.78 is 11.8. The van der Waals surface area contributed by atoms with E-state index in [2.05, 4.69) is 19.9 Å². The molecular formula is C16H24O3. The molecule has 1 aromatic rings. The van der Waals surface area contributed by atoms with Crippen molar-refractivity contribution in [3.63, 3.8) is 0 Å². The third-order valence-corrected chi connectivity index (χ3v) is 3.33.